The Morgan fingerprint density at radius 2 is 1.39 bits per heavy atom. The molecular weight excluding hydrogens is 691 g/mol. The van der Waals surface area contributed by atoms with Crippen molar-refractivity contribution >= 4 is 39.0 Å². The summed E-state index contributed by atoms with van der Waals surface area (Å²) < 4.78 is 6.73. The predicted octanol–water partition coefficient (Wildman–Crippen LogP) is 15.7. The quantitative estimate of drug-likeness (QED) is 0.169. The van der Waals surface area contributed by atoms with Crippen LogP contribution >= 0.6 is 0 Å². The summed E-state index contributed by atoms with van der Waals surface area (Å²) in [5.41, 5.74) is 17.2. The molecule has 2 nitrogen and oxygen atoms in total. The van der Waals surface area contributed by atoms with E-state index in [0.29, 0.717) is 5.92 Å². The Bertz CT molecular complexity index is 2800. The Balaban J connectivity index is 1.29. The van der Waals surface area contributed by atoms with Gasteiger partial charge in [0.25, 0.3) is 0 Å². The molecule has 0 amide bonds. The molecule has 6 aromatic carbocycles. The Morgan fingerprint density at radius 3 is 2.12 bits per heavy atom. The molecular formula is C55H49NO. The molecule has 10 rings (SSSR count). The third-order valence-electron chi connectivity index (χ3n) is 12.8. The van der Waals surface area contributed by atoms with E-state index in [1.807, 2.05) is 0 Å². The second kappa shape index (κ2) is 13.5. The number of furan rings is 1. The third-order valence-corrected chi connectivity index (χ3v) is 12.8. The van der Waals surface area contributed by atoms with E-state index in [9.17, 15) is 0 Å². The molecule has 0 spiro atoms. The van der Waals surface area contributed by atoms with E-state index in [2.05, 4.69) is 209 Å². The lowest BCUT2D eigenvalue weighted by Gasteiger charge is -2.34. The van der Waals surface area contributed by atoms with Crippen LogP contribution in [0.1, 0.15) is 76.0 Å². The van der Waals surface area contributed by atoms with Gasteiger partial charge in [-0.15, -0.1) is 0 Å². The van der Waals surface area contributed by atoms with Gasteiger partial charge in [0.2, 0.25) is 0 Å². The standard InChI is InChI=1S/C55H49NO/c1-54(2,3)42-28-29-46-44(35-42)52-47(55(46,4)5)33-41(38-21-13-8-14-22-38)34-49(52)56(43-24-15-23-39(31-43)36-17-9-6-10-18-36)48-25-16-26-51-53(48)45-32-40(27-30-50(45)57-51)37-19-11-7-12-20-37/h6-19,21-34,37,44H,20,35H2,1-5H3. The van der Waals surface area contributed by atoms with Crippen LogP contribution < -0.4 is 4.90 Å². The van der Waals surface area contributed by atoms with E-state index in [1.54, 1.807) is 0 Å². The van der Waals surface area contributed by atoms with Gasteiger partial charge in [-0.1, -0.05) is 167 Å². The van der Waals surface area contributed by atoms with Gasteiger partial charge in [-0.2, -0.15) is 0 Å². The van der Waals surface area contributed by atoms with Crippen LogP contribution in [0.25, 0.3) is 44.2 Å². The first kappa shape index (κ1) is 35.3. The van der Waals surface area contributed by atoms with Crippen molar-refractivity contribution < 1.29 is 4.42 Å². The normalized spacial score (nSPS) is 18.3. The summed E-state index contributed by atoms with van der Waals surface area (Å²) >= 11 is 0. The van der Waals surface area contributed by atoms with E-state index in [0.717, 1.165) is 46.2 Å². The van der Waals surface area contributed by atoms with Crippen molar-refractivity contribution in [1.82, 2.24) is 0 Å². The fourth-order valence-electron chi connectivity index (χ4n) is 9.75. The number of benzene rings is 6. The monoisotopic (exact) mass is 739 g/mol. The molecule has 57 heavy (non-hydrogen) atoms. The van der Waals surface area contributed by atoms with Gasteiger partial charge in [-0.05, 0) is 106 Å². The highest BCUT2D eigenvalue weighted by Gasteiger charge is 2.46. The SMILES string of the molecule is CC(C)(C)C1=CC=C2C(C1)c1c(N(c3cccc(-c4ccccc4)c3)c3cccc4oc5ccc(C6C=CC=CC6)cc5c34)cc(-c3ccccc3)cc1C2(C)C. The summed E-state index contributed by atoms with van der Waals surface area (Å²) in [5, 5.41) is 2.29. The zero-order valence-corrected chi connectivity index (χ0v) is 33.6. The minimum absolute atomic E-state index is 0.0745. The van der Waals surface area contributed by atoms with Gasteiger partial charge in [0, 0.05) is 28.3 Å². The Labute approximate surface area is 337 Å². The van der Waals surface area contributed by atoms with Gasteiger partial charge >= 0.3 is 0 Å². The highest BCUT2D eigenvalue weighted by atomic mass is 16.3. The molecule has 0 saturated heterocycles. The molecule has 2 unspecified atom stereocenters. The highest BCUT2D eigenvalue weighted by Crippen LogP contribution is 2.60. The molecule has 1 heterocycles. The van der Waals surface area contributed by atoms with Crippen molar-refractivity contribution in [1.29, 1.82) is 0 Å². The lowest BCUT2D eigenvalue weighted by atomic mass is 9.72. The van der Waals surface area contributed by atoms with Gasteiger partial charge in [0.15, 0.2) is 0 Å². The molecule has 0 saturated carbocycles. The molecule has 2 heteroatoms. The number of hydrogen-bond donors (Lipinski definition) is 0. The summed E-state index contributed by atoms with van der Waals surface area (Å²) in [6.07, 6.45) is 15.8. The molecule has 3 aliphatic carbocycles. The van der Waals surface area contributed by atoms with Crippen LogP contribution in [0.5, 0.6) is 0 Å². The maximum absolute atomic E-state index is 6.73. The van der Waals surface area contributed by atoms with Gasteiger partial charge in [0.05, 0.1) is 16.8 Å². The van der Waals surface area contributed by atoms with Crippen LogP contribution in [0, 0.1) is 5.41 Å². The van der Waals surface area contributed by atoms with Crippen LogP contribution in [-0.2, 0) is 5.41 Å². The maximum atomic E-state index is 6.73. The third kappa shape index (κ3) is 6.01. The summed E-state index contributed by atoms with van der Waals surface area (Å²) in [6.45, 7) is 12.0. The zero-order chi connectivity index (χ0) is 38.9. The molecule has 2 atom stereocenters. The van der Waals surface area contributed by atoms with Gasteiger partial charge in [-0.3, -0.25) is 0 Å². The fourth-order valence-corrected chi connectivity index (χ4v) is 9.75. The molecule has 1 aromatic heterocycles. The van der Waals surface area contributed by atoms with Crippen molar-refractivity contribution in [3.8, 4) is 22.3 Å². The highest BCUT2D eigenvalue weighted by molar-refractivity contribution is 6.14. The summed E-state index contributed by atoms with van der Waals surface area (Å²) in [7, 11) is 0. The van der Waals surface area contributed by atoms with Crippen molar-refractivity contribution in [2.45, 2.75) is 64.7 Å². The van der Waals surface area contributed by atoms with Crippen LogP contribution in [0.2, 0.25) is 0 Å². The maximum Gasteiger partial charge on any atom is 0.137 e. The lowest BCUT2D eigenvalue weighted by Crippen LogP contribution is -2.20. The lowest BCUT2D eigenvalue weighted by molar-refractivity contribution is 0.465. The van der Waals surface area contributed by atoms with E-state index >= 15 is 0 Å². The van der Waals surface area contributed by atoms with Crippen molar-refractivity contribution in [2.24, 2.45) is 5.41 Å². The average molecular weight is 740 g/mol. The van der Waals surface area contributed by atoms with E-state index in [-0.39, 0.29) is 16.7 Å². The van der Waals surface area contributed by atoms with Crippen LogP contribution in [0.15, 0.2) is 185 Å². The minimum atomic E-state index is -0.151. The zero-order valence-electron chi connectivity index (χ0n) is 33.6. The number of allylic oxidation sites excluding steroid dienone is 8. The molecule has 0 fully saturated rings. The molecule has 0 N–H and O–H groups in total. The topological polar surface area (TPSA) is 16.4 Å². The molecule has 0 radical (unpaired) electrons. The van der Waals surface area contributed by atoms with Crippen LogP contribution in [-0.4, -0.2) is 0 Å². The molecule has 7 aromatic rings. The van der Waals surface area contributed by atoms with Crippen molar-refractivity contribution in [2.75, 3.05) is 4.90 Å². The number of hydrogen-bond acceptors (Lipinski definition) is 2. The first-order valence-electron chi connectivity index (χ1n) is 20.5. The van der Waals surface area contributed by atoms with E-state index in [4.69, 9.17) is 4.42 Å². The number of rotatable bonds is 6. The molecule has 280 valence electrons. The van der Waals surface area contributed by atoms with Crippen molar-refractivity contribution in [3.05, 3.63) is 198 Å². The average Bonchev–Trinajstić information content (AvgIpc) is 3.73. The Kier molecular flexibility index (Phi) is 8.38. The summed E-state index contributed by atoms with van der Waals surface area (Å²) in [5.74, 6) is 0.594. The van der Waals surface area contributed by atoms with E-state index < -0.39 is 0 Å². The second-order valence-electron chi connectivity index (χ2n) is 17.7. The first-order chi connectivity index (χ1) is 27.6. The number of anilines is 3. The summed E-state index contributed by atoms with van der Waals surface area (Å²) in [6, 6.07) is 49.2. The largest absolute Gasteiger partial charge is 0.456 e. The second-order valence-corrected chi connectivity index (χ2v) is 17.7. The minimum Gasteiger partial charge on any atom is -0.456 e. The molecule has 0 aliphatic heterocycles. The number of nitrogens with zero attached hydrogens (tertiary/aromatic N) is 1. The smallest absolute Gasteiger partial charge is 0.137 e. The first-order valence-corrected chi connectivity index (χ1v) is 20.5. The molecule has 3 aliphatic rings. The predicted molar refractivity (Wildman–Crippen MR) is 241 cm³/mol. The van der Waals surface area contributed by atoms with Crippen LogP contribution in [0.3, 0.4) is 0 Å². The van der Waals surface area contributed by atoms with Gasteiger partial charge in [0.1, 0.15) is 11.2 Å². The van der Waals surface area contributed by atoms with E-state index in [1.165, 1.54) is 55.8 Å². The van der Waals surface area contributed by atoms with Gasteiger partial charge in [-0.25, -0.2) is 0 Å². The Hall–Kier alpha value is -6.12. The van der Waals surface area contributed by atoms with Crippen LogP contribution in [0.4, 0.5) is 17.1 Å². The molecule has 0 bridgehead atoms. The number of fused-ring (bicyclic) bond motifs is 6. The van der Waals surface area contributed by atoms with Gasteiger partial charge < -0.3 is 9.32 Å². The fraction of sp³-hybridized carbons (Fsp3) is 0.200. The summed E-state index contributed by atoms with van der Waals surface area (Å²) in [4.78, 5) is 2.57. The van der Waals surface area contributed by atoms with Crippen molar-refractivity contribution in [3.63, 3.8) is 0 Å². The Morgan fingerprint density at radius 1 is 0.649 bits per heavy atom.